The molecule has 2 atom stereocenters. The molecular formula is C20H32FNO. The molecule has 1 N–H and O–H groups in total. The van der Waals surface area contributed by atoms with Crippen LogP contribution in [-0.4, -0.2) is 25.9 Å². The summed E-state index contributed by atoms with van der Waals surface area (Å²) in [7, 11) is 0. The van der Waals surface area contributed by atoms with Gasteiger partial charge in [-0.1, -0.05) is 49.1 Å². The third kappa shape index (κ3) is 7.94. The molecule has 0 spiro atoms. The number of ether oxygens (including phenoxy) is 1. The molecule has 1 aromatic carbocycles. The first-order chi connectivity index (χ1) is 11.2. The van der Waals surface area contributed by atoms with E-state index in [1.165, 1.54) is 37.8 Å². The number of benzene rings is 1. The normalized spacial score (nSPS) is 20.2. The SMILES string of the molecule is Cc1ccc(COC[C@H](F)CCCCC2CCCCNC2)cc1. The Kier molecular flexibility index (Phi) is 8.62. The summed E-state index contributed by atoms with van der Waals surface area (Å²) in [6.07, 6.45) is 7.16. The van der Waals surface area contributed by atoms with Gasteiger partial charge in [-0.05, 0) is 57.2 Å². The van der Waals surface area contributed by atoms with Gasteiger partial charge in [0.25, 0.3) is 0 Å². The van der Waals surface area contributed by atoms with Crippen molar-refractivity contribution in [2.45, 2.75) is 64.6 Å². The molecule has 1 unspecified atom stereocenters. The van der Waals surface area contributed by atoms with Gasteiger partial charge in [-0.2, -0.15) is 0 Å². The fraction of sp³-hybridized carbons (Fsp3) is 0.700. The van der Waals surface area contributed by atoms with Gasteiger partial charge in [0, 0.05) is 0 Å². The standard InChI is InChI=1S/C20H32FNO/c1-17-9-11-19(12-10-17)15-23-16-20(21)8-3-2-6-18-7-4-5-13-22-14-18/h9-12,18,20,22H,2-8,13-16H2,1H3/t18?,20-/m1/s1. The topological polar surface area (TPSA) is 21.3 Å². The Hall–Kier alpha value is -0.930. The van der Waals surface area contributed by atoms with Gasteiger partial charge in [-0.25, -0.2) is 4.39 Å². The minimum absolute atomic E-state index is 0.221. The maximum absolute atomic E-state index is 13.9. The predicted molar refractivity (Wildman–Crippen MR) is 94.4 cm³/mol. The molecule has 2 rings (SSSR count). The largest absolute Gasteiger partial charge is 0.374 e. The average molecular weight is 321 g/mol. The summed E-state index contributed by atoms with van der Waals surface area (Å²) in [5, 5.41) is 3.50. The van der Waals surface area contributed by atoms with Gasteiger partial charge in [0.05, 0.1) is 13.2 Å². The first-order valence-electron chi connectivity index (χ1n) is 9.22. The smallest absolute Gasteiger partial charge is 0.123 e. The maximum atomic E-state index is 13.9. The molecule has 3 heteroatoms. The summed E-state index contributed by atoms with van der Waals surface area (Å²) in [5.74, 6) is 0.799. The number of halogens is 1. The van der Waals surface area contributed by atoms with Crippen molar-refractivity contribution in [3.05, 3.63) is 35.4 Å². The van der Waals surface area contributed by atoms with E-state index in [2.05, 4.69) is 24.4 Å². The number of hydrogen-bond acceptors (Lipinski definition) is 2. The van der Waals surface area contributed by atoms with E-state index >= 15 is 0 Å². The van der Waals surface area contributed by atoms with Gasteiger partial charge in [-0.3, -0.25) is 0 Å². The Morgan fingerprint density at radius 1 is 1.22 bits per heavy atom. The van der Waals surface area contributed by atoms with Crippen LogP contribution in [0.15, 0.2) is 24.3 Å². The second-order valence-electron chi connectivity index (χ2n) is 6.95. The van der Waals surface area contributed by atoms with Crippen LogP contribution in [0.1, 0.15) is 56.1 Å². The maximum Gasteiger partial charge on any atom is 0.123 e. The Balaban J connectivity index is 1.49. The van der Waals surface area contributed by atoms with E-state index in [4.69, 9.17) is 4.74 Å². The number of hydrogen-bond donors (Lipinski definition) is 1. The van der Waals surface area contributed by atoms with E-state index in [9.17, 15) is 4.39 Å². The molecule has 0 aromatic heterocycles. The summed E-state index contributed by atoms with van der Waals surface area (Å²) >= 11 is 0. The third-order valence-electron chi connectivity index (χ3n) is 4.72. The van der Waals surface area contributed by atoms with Crippen LogP contribution in [0.5, 0.6) is 0 Å². The molecule has 0 radical (unpaired) electrons. The summed E-state index contributed by atoms with van der Waals surface area (Å²) in [6, 6.07) is 8.22. The van der Waals surface area contributed by atoms with Crippen molar-refractivity contribution in [1.29, 1.82) is 0 Å². The molecule has 1 saturated heterocycles. The average Bonchev–Trinajstić information content (AvgIpc) is 2.82. The lowest BCUT2D eigenvalue weighted by molar-refractivity contribution is 0.0653. The van der Waals surface area contributed by atoms with E-state index in [0.717, 1.165) is 30.9 Å². The summed E-state index contributed by atoms with van der Waals surface area (Å²) in [6.45, 7) is 5.11. The highest BCUT2D eigenvalue weighted by atomic mass is 19.1. The van der Waals surface area contributed by atoms with E-state index in [-0.39, 0.29) is 6.61 Å². The zero-order valence-electron chi connectivity index (χ0n) is 14.5. The lowest BCUT2D eigenvalue weighted by atomic mass is 9.96. The van der Waals surface area contributed by atoms with E-state index < -0.39 is 6.17 Å². The fourth-order valence-electron chi connectivity index (χ4n) is 3.21. The van der Waals surface area contributed by atoms with Crippen molar-refractivity contribution in [3.8, 4) is 0 Å². The van der Waals surface area contributed by atoms with E-state index in [1.54, 1.807) is 0 Å². The van der Waals surface area contributed by atoms with Gasteiger partial charge in [0.2, 0.25) is 0 Å². The highest BCUT2D eigenvalue weighted by Crippen LogP contribution is 2.19. The number of nitrogens with one attached hydrogen (secondary N) is 1. The molecule has 1 aliphatic rings. The van der Waals surface area contributed by atoms with Crippen LogP contribution in [0.3, 0.4) is 0 Å². The van der Waals surface area contributed by atoms with Crippen LogP contribution in [0.4, 0.5) is 4.39 Å². The van der Waals surface area contributed by atoms with Crippen LogP contribution in [0.25, 0.3) is 0 Å². The number of rotatable bonds is 9. The van der Waals surface area contributed by atoms with E-state index in [0.29, 0.717) is 13.0 Å². The van der Waals surface area contributed by atoms with Gasteiger partial charge in [-0.15, -0.1) is 0 Å². The molecule has 0 amide bonds. The van der Waals surface area contributed by atoms with Crippen molar-refractivity contribution >= 4 is 0 Å². The van der Waals surface area contributed by atoms with E-state index in [1.807, 2.05) is 12.1 Å². The van der Waals surface area contributed by atoms with Gasteiger partial charge < -0.3 is 10.1 Å². The van der Waals surface area contributed by atoms with Crippen molar-refractivity contribution in [2.75, 3.05) is 19.7 Å². The van der Waals surface area contributed by atoms with Crippen LogP contribution in [-0.2, 0) is 11.3 Å². The van der Waals surface area contributed by atoms with Gasteiger partial charge in [0.1, 0.15) is 6.17 Å². The number of unbranched alkanes of at least 4 members (excludes halogenated alkanes) is 1. The van der Waals surface area contributed by atoms with Crippen LogP contribution in [0.2, 0.25) is 0 Å². The van der Waals surface area contributed by atoms with Crippen molar-refractivity contribution in [1.82, 2.24) is 5.32 Å². The van der Waals surface area contributed by atoms with Crippen LogP contribution < -0.4 is 5.32 Å². The zero-order chi connectivity index (χ0) is 16.3. The fourth-order valence-corrected chi connectivity index (χ4v) is 3.21. The zero-order valence-corrected chi connectivity index (χ0v) is 14.5. The molecule has 23 heavy (non-hydrogen) atoms. The highest BCUT2D eigenvalue weighted by molar-refractivity contribution is 5.20. The molecule has 0 saturated carbocycles. The Labute approximate surface area is 140 Å². The van der Waals surface area contributed by atoms with Crippen LogP contribution in [0, 0.1) is 12.8 Å². The Morgan fingerprint density at radius 2 is 2.04 bits per heavy atom. The van der Waals surface area contributed by atoms with Crippen molar-refractivity contribution in [3.63, 3.8) is 0 Å². The predicted octanol–water partition coefficient (Wildman–Crippen LogP) is 4.80. The molecule has 1 fully saturated rings. The molecule has 1 heterocycles. The van der Waals surface area contributed by atoms with Gasteiger partial charge in [0.15, 0.2) is 0 Å². The van der Waals surface area contributed by atoms with Gasteiger partial charge >= 0.3 is 0 Å². The second-order valence-corrected chi connectivity index (χ2v) is 6.95. The molecule has 130 valence electrons. The molecule has 0 aliphatic carbocycles. The molecule has 1 aliphatic heterocycles. The number of alkyl halides is 1. The minimum Gasteiger partial charge on any atom is -0.374 e. The highest BCUT2D eigenvalue weighted by Gasteiger charge is 2.12. The van der Waals surface area contributed by atoms with Crippen molar-refractivity contribution < 1.29 is 9.13 Å². The van der Waals surface area contributed by atoms with Crippen LogP contribution >= 0.6 is 0 Å². The molecule has 1 aromatic rings. The number of aryl methyl sites for hydroxylation is 1. The summed E-state index contributed by atoms with van der Waals surface area (Å²) < 4.78 is 19.4. The Morgan fingerprint density at radius 3 is 2.87 bits per heavy atom. The summed E-state index contributed by atoms with van der Waals surface area (Å²) in [5.41, 5.74) is 2.35. The quantitative estimate of drug-likeness (QED) is 0.660. The Bertz CT molecular complexity index is 412. The lowest BCUT2D eigenvalue weighted by Gasteiger charge is -2.14. The first kappa shape index (κ1) is 18.4. The first-order valence-corrected chi connectivity index (χ1v) is 9.22. The molecular weight excluding hydrogens is 289 g/mol. The third-order valence-corrected chi connectivity index (χ3v) is 4.72. The molecule has 0 bridgehead atoms. The monoisotopic (exact) mass is 321 g/mol. The lowest BCUT2D eigenvalue weighted by Crippen LogP contribution is -2.20. The summed E-state index contributed by atoms with van der Waals surface area (Å²) in [4.78, 5) is 0. The van der Waals surface area contributed by atoms with Crippen molar-refractivity contribution in [2.24, 2.45) is 5.92 Å². The molecule has 2 nitrogen and oxygen atoms in total. The second kappa shape index (κ2) is 10.8. The minimum atomic E-state index is -0.826.